The summed E-state index contributed by atoms with van der Waals surface area (Å²) in [6, 6.07) is 0. The summed E-state index contributed by atoms with van der Waals surface area (Å²) in [5.74, 6) is 1.75. The molecule has 0 aromatic heterocycles. The van der Waals surface area contributed by atoms with E-state index in [0.29, 0.717) is 6.10 Å². The van der Waals surface area contributed by atoms with Gasteiger partial charge in [0.25, 0.3) is 0 Å². The zero-order valence-electron chi connectivity index (χ0n) is 11.9. The summed E-state index contributed by atoms with van der Waals surface area (Å²) in [6.07, 6.45) is 13.2. The van der Waals surface area contributed by atoms with E-state index >= 15 is 0 Å². The van der Waals surface area contributed by atoms with E-state index in [2.05, 4.69) is 12.2 Å². The van der Waals surface area contributed by atoms with Crippen molar-refractivity contribution in [2.45, 2.75) is 76.4 Å². The smallest absolute Gasteiger partial charge is 0.0810 e. The van der Waals surface area contributed by atoms with Crippen LogP contribution in [-0.2, 0) is 4.74 Å². The second kappa shape index (κ2) is 5.50. The summed E-state index contributed by atoms with van der Waals surface area (Å²) in [4.78, 5) is 0. The molecule has 3 fully saturated rings. The van der Waals surface area contributed by atoms with Crippen LogP contribution in [0.25, 0.3) is 0 Å². The number of rotatable bonds is 3. The van der Waals surface area contributed by atoms with E-state index in [-0.39, 0.29) is 5.60 Å². The van der Waals surface area contributed by atoms with E-state index in [1.54, 1.807) is 0 Å². The molecular weight excluding hydrogens is 222 g/mol. The van der Waals surface area contributed by atoms with E-state index in [9.17, 15) is 0 Å². The molecule has 2 atom stereocenters. The average Bonchev–Trinajstić information content (AvgIpc) is 3.01. The molecular formula is C16H29NO. The largest absolute Gasteiger partial charge is 0.369 e. The third-order valence-corrected chi connectivity index (χ3v) is 5.57. The lowest BCUT2D eigenvalue weighted by Gasteiger charge is -2.44. The van der Waals surface area contributed by atoms with Crippen LogP contribution in [0.2, 0.25) is 0 Å². The molecule has 1 heterocycles. The Morgan fingerprint density at radius 1 is 1.06 bits per heavy atom. The number of nitrogens with one attached hydrogen (secondary N) is 1. The lowest BCUT2D eigenvalue weighted by molar-refractivity contribution is -0.141. The van der Waals surface area contributed by atoms with Crippen LogP contribution in [0, 0.1) is 11.8 Å². The minimum absolute atomic E-state index is 0.123. The topological polar surface area (TPSA) is 21.3 Å². The Morgan fingerprint density at radius 2 is 1.72 bits per heavy atom. The molecule has 18 heavy (non-hydrogen) atoms. The molecule has 2 unspecified atom stereocenters. The van der Waals surface area contributed by atoms with E-state index in [4.69, 9.17) is 4.74 Å². The lowest BCUT2D eigenvalue weighted by atomic mass is 9.85. The van der Waals surface area contributed by atoms with E-state index in [1.807, 2.05) is 0 Å². The summed E-state index contributed by atoms with van der Waals surface area (Å²) < 4.78 is 6.56. The summed E-state index contributed by atoms with van der Waals surface area (Å²) in [7, 11) is 0. The first-order valence-electron chi connectivity index (χ1n) is 8.15. The van der Waals surface area contributed by atoms with Crippen LogP contribution in [0.15, 0.2) is 0 Å². The zero-order valence-corrected chi connectivity index (χ0v) is 11.9. The molecule has 2 saturated carbocycles. The predicted octanol–water partition coefficient (Wildman–Crippen LogP) is 3.50. The van der Waals surface area contributed by atoms with Crippen LogP contribution >= 0.6 is 0 Å². The van der Waals surface area contributed by atoms with Crippen molar-refractivity contribution < 1.29 is 4.74 Å². The number of morpholine rings is 1. The van der Waals surface area contributed by atoms with Crippen molar-refractivity contribution >= 4 is 0 Å². The molecule has 2 heteroatoms. The van der Waals surface area contributed by atoms with Gasteiger partial charge in [-0.15, -0.1) is 0 Å². The average molecular weight is 251 g/mol. The fourth-order valence-corrected chi connectivity index (χ4v) is 4.47. The number of hydrogen-bond donors (Lipinski definition) is 1. The number of hydrogen-bond acceptors (Lipinski definition) is 2. The second-order valence-electron chi connectivity index (χ2n) is 7.05. The van der Waals surface area contributed by atoms with Crippen LogP contribution in [0.3, 0.4) is 0 Å². The summed E-state index contributed by atoms with van der Waals surface area (Å²) in [6.45, 7) is 4.51. The molecule has 0 bridgehead atoms. The first-order valence-corrected chi connectivity index (χ1v) is 8.15. The van der Waals surface area contributed by atoms with Crippen molar-refractivity contribution in [3.63, 3.8) is 0 Å². The van der Waals surface area contributed by atoms with Gasteiger partial charge < -0.3 is 10.1 Å². The molecule has 1 N–H and O–H groups in total. The van der Waals surface area contributed by atoms with Gasteiger partial charge in [-0.1, -0.05) is 38.5 Å². The Bertz CT molecular complexity index is 268. The van der Waals surface area contributed by atoms with Crippen LogP contribution < -0.4 is 5.32 Å². The van der Waals surface area contributed by atoms with Gasteiger partial charge in [0.15, 0.2) is 0 Å². The van der Waals surface area contributed by atoms with Gasteiger partial charge >= 0.3 is 0 Å². The highest BCUT2D eigenvalue weighted by Crippen LogP contribution is 2.39. The molecule has 0 aromatic carbocycles. The standard InChI is InChI=1S/C16H29NO/c1-16(14-8-4-5-9-14)12-17-11-15(18-16)10-13-6-2-3-7-13/h13-15,17H,2-12H2,1H3. The fourth-order valence-electron chi connectivity index (χ4n) is 4.47. The third kappa shape index (κ3) is 2.75. The minimum Gasteiger partial charge on any atom is -0.369 e. The highest BCUT2D eigenvalue weighted by atomic mass is 16.5. The summed E-state index contributed by atoms with van der Waals surface area (Å²) in [5, 5.41) is 3.65. The van der Waals surface area contributed by atoms with E-state index in [1.165, 1.54) is 57.8 Å². The Hall–Kier alpha value is -0.0800. The Labute approximate surface area is 112 Å². The molecule has 0 amide bonds. The molecule has 3 aliphatic rings. The zero-order chi connectivity index (χ0) is 12.4. The summed E-state index contributed by atoms with van der Waals surface area (Å²) >= 11 is 0. The molecule has 0 spiro atoms. The first-order chi connectivity index (χ1) is 8.76. The molecule has 2 nitrogen and oxygen atoms in total. The van der Waals surface area contributed by atoms with Gasteiger partial charge in [0.05, 0.1) is 11.7 Å². The van der Waals surface area contributed by atoms with Crippen LogP contribution in [-0.4, -0.2) is 24.8 Å². The van der Waals surface area contributed by atoms with Gasteiger partial charge in [-0.3, -0.25) is 0 Å². The van der Waals surface area contributed by atoms with E-state index in [0.717, 1.165) is 24.9 Å². The summed E-state index contributed by atoms with van der Waals surface area (Å²) in [5.41, 5.74) is 0.123. The Balaban J connectivity index is 1.56. The van der Waals surface area contributed by atoms with Crippen molar-refractivity contribution in [2.75, 3.05) is 13.1 Å². The Morgan fingerprint density at radius 3 is 2.44 bits per heavy atom. The number of ether oxygens (including phenoxy) is 1. The van der Waals surface area contributed by atoms with Crippen molar-refractivity contribution in [3.05, 3.63) is 0 Å². The van der Waals surface area contributed by atoms with Crippen molar-refractivity contribution in [2.24, 2.45) is 11.8 Å². The van der Waals surface area contributed by atoms with Crippen LogP contribution in [0.5, 0.6) is 0 Å². The molecule has 104 valence electrons. The maximum Gasteiger partial charge on any atom is 0.0810 e. The molecule has 1 saturated heterocycles. The lowest BCUT2D eigenvalue weighted by Crippen LogP contribution is -2.55. The van der Waals surface area contributed by atoms with Gasteiger partial charge in [-0.2, -0.15) is 0 Å². The van der Waals surface area contributed by atoms with Gasteiger partial charge in [-0.05, 0) is 38.0 Å². The molecule has 1 aliphatic heterocycles. The first kappa shape index (κ1) is 12.9. The van der Waals surface area contributed by atoms with Gasteiger partial charge in [0.1, 0.15) is 0 Å². The fraction of sp³-hybridized carbons (Fsp3) is 1.00. The predicted molar refractivity (Wildman–Crippen MR) is 74.7 cm³/mol. The van der Waals surface area contributed by atoms with Gasteiger partial charge in [0.2, 0.25) is 0 Å². The maximum absolute atomic E-state index is 6.56. The molecule has 0 aromatic rings. The second-order valence-corrected chi connectivity index (χ2v) is 7.05. The Kier molecular flexibility index (Phi) is 3.95. The highest BCUT2D eigenvalue weighted by molar-refractivity contribution is 4.93. The molecule has 0 radical (unpaired) electrons. The highest BCUT2D eigenvalue weighted by Gasteiger charge is 2.41. The van der Waals surface area contributed by atoms with Crippen molar-refractivity contribution in [3.8, 4) is 0 Å². The van der Waals surface area contributed by atoms with Crippen molar-refractivity contribution in [1.82, 2.24) is 5.32 Å². The van der Waals surface area contributed by atoms with Crippen LogP contribution in [0.4, 0.5) is 0 Å². The van der Waals surface area contributed by atoms with Crippen molar-refractivity contribution in [1.29, 1.82) is 0 Å². The molecule has 2 aliphatic carbocycles. The quantitative estimate of drug-likeness (QED) is 0.829. The monoisotopic (exact) mass is 251 g/mol. The SMILES string of the molecule is CC1(C2CCCC2)CNCC(CC2CCCC2)O1. The van der Waals surface area contributed by atoms with Crippen LogP contribution in [0.1, 0.15) is 64.7 Å². The normalized spacial score (nSPS) is 39.5. The third-order valence-electron chi connectivity index (χ3n) is 5.57. The molecule has 3 rings (SSSR count). The minimum atomic E-state index is 0.123. The van der Waals surface area contributed by atoms with Gasteiger partial charge in [-0.25, -0.2) is 0 Å². The van der Waals surface area contributed by atoms with E-state index < -0.39 is 0 Å². The van der Waals surface area contributed by atoms with Gasteiger partial charge in [0, 0.05) is 13.1 Å². The maximum atomic E-state index is 6.56.